The summed E-state index contributed by atoms with van der Waals surface area (Å²) < 4.78 is 0. The lowest BCUT2D eigenvalue weighted by Crippen LogP contribution is -2.41. The SMILES string of the molecule is CC(=O)Nc1cccc(NC(=O)C2CCN(C(=O)c3n[nH]c4ccccc34)CC2)c1. The zero-order valence-electron chi connectivity index (χ0n) is 16.6. The first-order valence-corrected chi connectivity index (χ1v) is 9.92. The summed E-state index contributed by atoms with van der Waals surface area (Å²) in [6.07, 6.45) is 1.18. The Morgan fingerprint density at radius 2 is 1.70 bits per heavy atom. The minimum Gasteiger partial charge on any atom is -0.337 e. The molecule has 8 heteroatoms. The number of likely N-dealkylation sites (tertiary alicyclic amines) is 1. The molecule has 0 unspecified atom stereocenters. The van der Waals surface area contributed by atoms with Gasteiger partial charge in [-0.05, 0) is 37.1 Å². The van der Waals surface area contributed by atoms with Crippen molar-refractivity contribution in [2.75, 3.05) is 23.7 Å². The second-order valence-corrected chi connectivity index (χ2v) is 7.44. The Balaban J connectivity index is 1.35. The minimum absolute atomic E-state index is 0.0766. The topological polar surface area (TPSA) is 107 Å². The number of carbonyl (C=O) groups excluding carboxylic acids is 3. The molecule has 1 aromatic heterocycles. The van der Waals surface area contributed by atoms with E-state index < -0.39 is 0 Å². The molecule has 3 amide bonds. The van der Waals surface area contributed by atoms with Crippen molar-refractivity contribution in [3.8, 4) is 0 Å². The Labute approximate surface area is 173 Å². The summed E-state index contributed by atoms with van der Waals surface area (Å²) in [5, 5.41) is 13.5. The number of H-pyrrole nitrogens is 1. The Bertz CT molecular complexity index is 1100. The number of carbonyl (C=O) groups is 3. The van der Waals surface area contributed by atoms with Crippen molar-refractivity contribution in [3.63, 3.8) is 0 Å². The standard InChI is InChI=1S/C22H23N5O3/c1-14(28)23-16-5-4-6-17(13-16)24-21(29)15-9-11-27(12-10-15)22(30)20-18-7-2-3-8-19(18)25-26-20/h2-8,13,15H,9-12H2,1H3,(H,23,28)(H,24,29)(H,25,26). The van der Waals surface area contributed by atoms with Gasteiger partial charge >= 0.3 is 0 Å². The molecule has 3 aromatic rings. The van der Waals surface area contributed by atoms with Gasteiger partial charge in [-0.2, -0.15) is 5.10 Å². The number of para-hydroxylation sites is 1. The monoisotopic (exact) mass is 405 g/mol. The molecule has 1 fully saturated rings. The Morgan fingerprint density at radius 1 is 1.00 bits per heavy atom. The van der Waals surface area contributed by atoms with Gasteiger partial charge in [0.2, 0.25) is 11.8 Å². The molecule has 1 aliphatic heterocycles. The van der Waals surface area contributed by atoms with Crippen LogP contribution in [0.1, 0.15) is 30.3 Å². The lowest BCUT2D eigenvalue weighted by molar-refractivity contribution is -0.121. The van der Waals surface area contributed by atoms with Crippen LogP contribution in [-0.4, -0.2) is 45.9 Å². The molecule has 0 bridgehead atoms. The van der Waals surface area contributed by atoms with Crippen LogP contribution in [0.3, 0.4) is 0 Å². The molecule has 0 saturated carbocycles. The van der Waals surface area contributed by atoms with Crippen molar-refractivity contribution in [1.82, 2.24) is 15.1 Å². The molecule has 2 heterocycles. The number of nitrogens with one attached hydrogen (secondary N) is 3. The molecule has 2 aromatic carbocycles. The van der Waals surface area contributed by atoms with Gasteiger partial charge in [0.1, 0.15) is 0 Å². The van der Waals surface area contributed by atoms with Crippen molar-refractivity contribution in [1.29, 1.82) is 0 Å². The third-order valence-corrected chi connectivity index (χ3v) is 5.28. The highest BCUT2D eigenvalue weighted by atomic mass is 16.2. The molecule has 0 atom stereocenters. The largest absolute Gasteiger partial charge is 0.337 e. The molecule has 0 aliphatic carbocycles. The van der Waals surface area contributed by atoms with Crippen LogP contribution in [0.15, 0.2) is 48.5 Å². The summed E-state index contributed by atoms with van der Waals surface area (Å²) >= 11 is 0. The summed E-state index contributed by atoms with van der Waals surface area (Å²) in [5.74, 6) is -0.531. The predicted octanol–water partition coefficient (Wildman–Crippen LogP) is 3.01. The first-order valence-electron chi connectivity index (χ1n) is 9.92. The number of aromatic nitrogens is 2. The van der Waals surface area contributed by atoms with Gasteiger partial charge in [0, 0.05) is 42.7 Å². The predicted molar refractivity (Wildman–Crippen MR) is 114 cm³/mol. The molecule has 8 nitrogen and oxygen atoms in total. The van der Waals surface area contributed by atoms with Crippen LogP contribution in [0.4, 0.5) is 11.4 Å². The van der Waals surface area contributed by atoms with Crippen LogP contribution in [0.25, 0.3) is 10.9 Å². The van der Waals surface area contributed by atoms with Crippen LogP contribution < -0.4 is 10.6 Å². The smallest absolute Gasteiger partial charge is 0.274 e. The summed E-state index contributed by atoms with van der Waals surface area (Å²) in [6, 6.07) is 14.6. The first kappa shape index (κ1) is 19.6. The fourth-order valence-corrected chi connectivity index (χ4v) is 3.74. The van der Waals surface area contributed by atoms with Gasteiger partial charge in [-0.1, -0.05) is 24.3 Å². The average Bonchev–Trinajstić information content (AvgIpc) is 3.17. The summed E-state index contributed by atoms with van der Waals surface area (Å²) in [5.41, 5.74) is 2.51. The normalized spacial score (nSPS) is 14.5. The van der Waals surface area contributed by atoms with E-state index in [1.807, 2.05) is 24.3 Å². The molecule has 1 saturated heterocycles. The second-order valence-electron chi connectivity index (χ2n) is 7.44. The number of fused-ring (bicyclic) bond motifs is 1. The van der Waals surface area contributed by atoms with Gasteiger partial charge in [-0.25, -0.2) is 0 Å². The third kappa shape index (κ3) is 4.17. The maximum absolute atomic E-state index is 12.9. The van der Waals surface area contributed by atoms with Gasteiger partial charge in [0.25, 0.3) is 5.91 Å². The highest BCUT2D eigenvalue weighted by molar-refractivity contribution is 6.04. The maximum atomic E-state index is 12.9. The van der Waals surface area contributed by atoms with E-state index in [2.05, 4.69) is 20.8 Å². The molecule has 4 rings (SSSR count). The van der Waals surface area contributed by atoms with E-state index >= 15 is 0 Å². The number of aromatic amines is 1. The first-order chi connectivity index (χ1) is 14.5. The van der Waals surface area contributed by atoms with E-state index in [-0.39, 0.29) is 23.6 Å². The van der Waals surface area contributed by atoms with Gasteiger partial charge < -0.3 is 15.5 Å². The molecular weight excluding hydrogens is 382 g/mol. The summed E-state index contributed by atoms with van der Waals surface area (Å²) in [7, 11) is 0. The van der Waals surface area contributed by atoms with Crippen molar-refractivity contribution < 1.29 is 14.4 Å². The summed E-state index contributed by atoms with van der Waals surface area (Å²) in [6.45, 7) is 2.44. The van der Waals surface area contributed by atoms with Crippen LogP contribution in [0.5, 0.6) is 0 Å². The van der Waals surface area contributed by atoms with Gasteiger partial charge in [-0.3, -0.25) is 19.5 Å². The number of benzene rings is 2. The minimum atomic E-state index is -0.172. The number of hydrogen-bond acceptors (Lipinski definition) is 4. The molecule has 0 spiro atoms. The number of anilines is 2. The Morgan fingerprint density at radius 3 is 2.43 bits per heavy atom. The van der Waals surface area contributed by atoms with E-state index in [1.54, 1.807) is 29.2 Å². The molecule has 30 heavy (non-hydrogen) atoms. The Kier molecular flexibility index (Phi) is 5.47. The molecule has 154 valence electrons. The van der Waals surface area contributed by atoms with E-state index in [4.69, 9.17) is 0 Å². The molecular formula is C22H23N5O3. The van der Waals surface area contributed by atoms with Crippen molar-refractivity contribution >= 4 is 40.0 Å². The van der Waals surface area contributed by atoms with E-state index in [9.17, 15) is 14.4 Å². The number of piperidine rings is 1. The number of nitrogens with zero attached hydrogens (tertiary/aromatic N) is 2. The lowest BCUT2D eigenvalue weighted by Gasteiger charge is -2.31. The van der Waals surface area contributed by atoms with Gasteiger partial charge in [0.15, 0.2) is 5.69 Å². The fraction of sp³-hybridized carbons (Fsp3) is 0.273. The molecule has 3 N–H and O–H groups in total. The van der Waals surface area contributed by atoms with E-state index in [0.717, 1.165) is 10.9 Å². The van der Waals surface area contributed by atoms with Crippen molar-refractivity contribution in [2.45, 2.75) is 19.8 Å². The fourth-order valence-electron chi connectivity index (χ4n) is 3.74. The molecule has 1 aliphatic rings. The third-order valence-electron chi connectivity index (χ3n) is 5.28. The number of rotatable bonds is 4. The van der Waals surface area contributed by atoms with Crippen molar-refractivity contribution in [2.24, 2.45) is 5.92 Å². The van der Waals surface area contributed by atoms with Crippen LogP contribution >= 0.6 is 0 Å². The highest BCUT2D eigenvalue weighted by Gasteiger charge is 2.29. The second kappa shape index (κ2) is 8.36. The van der Waals surface area contributed by atoms with E-state index in [1.165, 1.54) is 6.92 Å². The van der Waals surface area contributed by atoms with E-state index in [0.29, 0.717) is 43.0 Å². The molecule has 0 radical (unpaired) electrons. The highest BCUT2D eigenvalue weighted by Crippen LogP contribution is 2.24. The number of hydrogen-bond donors (Lipinski definition) is 3. The summed E-state index contributed by atoms with van der Waals surface area (Å²) in [4.78, 5) is 38.5. The maximum Gasteiger partial charge on any atom is 0.274 e. The van der Waals surface area contributed by atoms with Crippen LogP contribution in [0.2, 0.25) is 0 Å². The quantitative estimate of drug-likeness (QED) is 0.620. The zero-order valence-corrected chi connectivity index (χ0v) is 16.6. The number of amides is 3. The zero-order chi connectivity index (χ0) is 21.1. The van der Waals surface area contributed by atoms with Crippen LogP contribution in [0, 0.1) is 5.92 Å². The van der Waals surface area contributed by atoms with Gasteiger partial charge in [-0.15, -0.1) is 0 Å². The average molecular weight is 405 g/mol. The van der Waals surface area contributed by atoms with Crippen molar-refractivity contribution in [3.05, 3.63) is 54.2 Å². The van der Waals surface area contributed by atoms with Gasteiger partial charge in [0.05, 0.1) is 5.52 Å². The lowest BCUT2D eigenvalue weighted by atomic mass is 9.95. The Hall–Kier alpha value is -3.68. The van der Waals surface area contributed by atoms with Crippen LogP contribution in [-0.2, 0) is 9.59 Å².